The Morgan fingerprint density at radius 3 is 2.89 bits per heavy atom. The van der Waals surface area contributed by atoms with Crippen molar-refractivity contribution in [1.29, 1.82) is 0 Å². The van der Waals surface area contributed by atoms with Crippen LogP contribution in [-0.2, 0) is 9.47 Å². The highest BCUT2D eigenvalue weighted by Gasteiger charge is 2.20. The molecule has 0 radical (unpaired) electrons. The maximum atomic E-state index is 11.4. The van der Waals surface area contributed by atoms with Gasteiger partial charge < -0.3 is 19.5 Å². The SMILES string of the molecule is CC1CNCC(COC(=O)Oc2ccccc2)O1. The van der Waals surface area contributed by atoms with Crippen molar-refractivity contribution < 1.29 is 19.0 Å². The monoisotopic (exact) mass is 251 g/mol. The average molecular weight is 251 g/mol. The fourth-order valence-electron chi connectivity index (χ4n) is 1.75. The molecule has 0 amide bonds. The van der Waals surface area contributed by atoms with Gasteiger partial charge in [0.1, 0.15) is 18.5 Å². The molecular weight excluding hydrogens is 234 g/mol. The summed E-state index contributed by atoms with van der Waals surface area (Å²) < 4.78 is 15.6. The minimum atomic E-state index is -0.706. The fraction of sp³-hybridized carbons (Fsp3) is 0.462. The molecule has 0 bridgehead atoms. The number of hydrogen-bond donors (Lipinski definition) is 1. The Balaban J connectivity index is 1.71. The van der Waals surface area contributed by atoms with Gasteiger partial charge in [0.25, 0.3) is 0 Å². The smallest absolute Gasteiger partial charge is 0.431 e. The van der Waals surface area contributed by atoms with Gasteiger partial charge in [0.2, 0.25) is 0 Å². The van der Waals surface area contributed by atoms with Gasteiger partial charge in [-0.1, -0.05) is 18.2 Å². The lowest BCUT2D eigenvalue weighted by atomic mass is 10.2. The molecule has 1 aromatic carbocycles. The van der Waals surface area contributed by atoms with E-state index in [2.05, 4.69) is 5.32 Å². The lowest BCUT2D eigenvalue weighted by molar-refractivity contribution is -0.0591. The minimum absolute atomic E-state index is 0.114. The summed E-state index contributed by atoms with van der Waals surface area (Å²) in [6.45, 7) is 3.68. The Morgan fingerprint density at radius 1 is 1.39 bits per heavy atom. The van der Waals surface area contributed by atoms with E-state index in [1.54, 1.807) is 24.3 Å². The third-order valence-corrected chi connectivity index (χ3v) is 2.56. The number of nitrogens with one attached hydrogen (secondary N) is 1. The Hall–Kier alpha value is -1.59. The lowest BCUT2D eigenvalue weighted by Crippen LogP contribution is -2.45. The second-order valence-electron chi connectivity index (χ2n) is 4.20. The van der Waals surface area contributed by atoms with Crippen LogP contribution in [0.1, 0.15) is 6.92 Å². The highest BCUT2D eigenvalue weighted by Crippen LogP contribution is 2.10. The standard InChI is InChI=1S/C13H17NO4/c1-10-7-14-8-12(17-10)9-16-13(15)18-11-5-3-2-4-6-11/h2-6,10,12,14H,7-9H2,1H3. The third kappa shape index (κ3) is 4.01. The average Bonchev–Trinajstić information content (AvgIpc) is 2.38. The molecule has 1 aliphatic rings. The van der Waals surface area contributed by atoms with Gasteiger partial charge >= 0.3 is 6.16 Å². The number of hydrogen-bond acceptors (Lipinski definition) is 5. The van der Waals surface area contributed by atoms with Crippen LogP contribution in [-0.4, -0.2) is 38.1 Å². The Labute approximate surface area is 106 Å². The van der Waals surface area contributed by atoms with E-state index in [0.29, 0.717) is 12.3 Å². The zero-order chi connectivity index (χ0) is 12.8. The molecule has 0 saturated carbocycles. The molecule has 98 valence electrons. The second-order valence-corrected chi connectivity index (χ2v) is 4.20. The van der Waals surface area contributed by atoms with Gasteiger partial charge in [0.15, 0.2) is 0 Å². The Morgan fingerprint density at radius 2 is 2.17 bits per heavy atom. The summed E-state index contributed by atoms with van der Waals surface area (Å²) in [6.07, 6.45) is -0.683. The number of carbonyl (C=O) groups excluding carboxylic acids is 1. The highest BCUT2D eigenvalue weighted by molar-refractivity contribution is 5.63. The van der Waals surface area contributed by atoms with Gasteiger partial charge in [0.05, 0.1) is 6.10 Å². The summed E-state index contributed by atoms with van der Waals surface area (Å²) in [6, 6.07) is 8.82. The Bertz CT molecular complexity index is 382. The number of morpholine rings is 1. The highest BCUT2D eigenvalue weighted by atomic mass is 16.7. The van der Waals surface area contributed by atoms with Gasteiger partial charge in [-0.25, -0.2) is 4.79 Å². The first-order chi connectivity index (χ1) is 8.74. The Kier molecular flexibility index (Phi) is 4.55. The zero-order valence-corrected chi connectivity index (χ0v) is 10.3. The van der Waals surface area contributed by atoms with Gasteiger partial charge in [-0.05, 0) is 19.1 Å². The zero-order valence-electron chi connectivity index (χ0n) is 10.3. The molecule has 2 atom stereocenters. The van der Waals surface area contributed by atoms with Crippen LogP contribution in [0.3, 0.4) is 0 Å². The molecule has 5 nitrogen and oxygen atoms in total. The molecule has 1 N–H and O–H groups in total. The van der Waals surface area contributed by atoms with Crippen LogP contribution in [0.4, 0.5) is 4.79 Å². The minimum Gasteiger partial charge on any atom is -0.431 e. The van der Waals surface area contributed by atoms with E-state index in [1.807, 2.05) is 13.0 Å². The van der Waals surface area contributed by atoms with Gasteiger partial charge in [-0.2, -0.15) is 0 Å². The molecule has 1 aromatic rings. The van der Waals surface area contributed by atoms with E-state index in [0.717, 1.165) is 6.54 Å². The van der Waals surface area contributed by atoms with Crippen molar-refractivity contribution in [1.82, 2.24) is 5.32 Å². The van der Waals surface area contributed by atoms with Crippen molar-refractivity contribution in [2.75, 3.05) is 19.7 Å². The van der Waals surface area contributed by atoms with Crippen LogP contribution in [0.2, 0.25) is 0 Å². The largest absolute Gasteiger partial charge is 0.513 e. The van der Waals surface area contributed by atoms with Crippen molar-refractivity contribution in [3.05, 3.63) is 30.3 Å². The van der Waals surface area contributed by atoms with E-state index in [1.165, 1.54) is 0 Å². The van der Waals surface area contributed by atoms with E-state index >= 15 is 0 Å². The molecule has 1 aliphatic heterocycles. The van der Waals surface area contributed by atoms with E-state index < -0.39 is 6.16 Å². The van der Waals surface area contributed by atoms with Crippen LogP contribution in [0, 0.1) is 0 Å². The molecule has 5 heteroatoms. The fourth-order valence-corrected chi connectivity index (χ4v) is 1.75. The van der Waals surface area contributed by atoms with Gasteiger partial charge in [-0.15, -0.1) is 0 Å². The van der Waals surface area contributed by atoms with Crippen LogP contribution >= 0.6 is 0 Å². The summed E-state index contributed by atoms with van der Waals surface area (Å²) >= 11 is 0. The maximum Gasteiger partial charge on any atom is 0.513 e. The molecule has 2 rings (SSSR count). The first-order valence-electron chi connectivity index (χ1n) is 6.00. The molecule has 0 spiro atoms. The number of ether oxygens (including phenoxy) is 3. The number of benzene rings is 1. The van der Waals surface area contributed by atoms with Crippen molar-refractivity contribution in [3.8, 4) is 5.75 Å². The third-order valence-electron chi connectivity index (χ3n) is 2.56. The summed E-state index contributed by atoms with van der Waals surface area (Å²) in [5.74, 6) is 0.471. The van der Waals surface area contributed by atoms with Gasteiger partial charge in [-0.3, -0.25) is 0 Å². The first-order valence-corrected chi connectivity index (χ1v) is 6.00. The van der Waals surface area contributed by atoms with E-state index in [-0.39, 0.29) is 18.8 Å². The molecule has 0 aliphatic carbocycles. The van der Waals surface area contributed by atoms with Crippen LogP contribution < -0.4 is 10.1 Å². The van der Waals surface area contributed by atoms with Crippen molar-refractivity contribution >= 4 is 6.16 Å². The predicted octanol–water partition coefficient (Wildman–Crippen LogP) is 1.58. The van der Waals surface area contributed by atoms with E-state index in [9.17, 15) is 4.79 Å². The summed E-state index contributed by atoms with van der Waals surface area (Å²) in [5.41, 5.74) is 0. The number of carbonyl (C=O) groups is 1. The van der Waals surface area contributed by atoms with Gasteiger partial charge in [0, 0.05) is 13.1 Å². The van der Waals surface area contributed by atoms with Crippen molar-refractivity contribution in [3.63, 3.8) is 0 Å². The molecular formula is C13H17NO4. The molecule has 2 unspecified atom stereocenters. The quantitative estimate of drug-likeness (QED) is 0.653. The molecule has 1 saturated heterocycles. The number of rotatable bonds is 3. The summed E-state index contributed by atoms with van der Waals surface area (Å²) in [7, 11) is 0. The van der Waals surface area contributed by atoms with Crippen LogP contribution in [0.15, 0.2) is 30.3 Å². The van der Waals surface area contributed by atoms with Crippen molar-refractivity contribution in [2.45, 2.75) is 19.1 Å². The number of para-hydroxylation sites is 1. The first kappa shape index (κ1) is 12.9. The molecule has 18 heavy (non-hydrogen) atoms. The molecule has 1 fully saturated rings. The van der Waals surface area contributed by atoms with Crippen LogP contribution in [0.25, 0.3) is 0 Å². The molecule has 0 aromatic heterocycles. The maximum absolute atomic E-state index is 11.4. The van der Waals surface area contributed by atoms with Crippen molar-refractivity contribution in [2.24, 2.45) is 0 Å². The predicted molar refractivity (Wildman–Crippen MR) is 65.6 cm³/mol. The summed E-state index contributed by atoms with van der Waals surface area (Å²) in [4.78, 5) is 11.4. The normalized spacial score (nSPS) is 23.4. The van der Waals surface area contributed by atoms with E-state index in [4.69, 9.17) is 14.2 Å². The topological polar surface area (TPSA) is 56.8 Å². The lowest BCUT2D eigenvalue weighted by Gasteiger charge is -2.28. The molecule has 1 heterocycles. The van der Waals surface area contributed by atoms with Crippen LogP contribution in [0.5, 0.6) is 5.75 Å². The second kappa shape index (κ2) is 6.37. The summed E-state index contributed by atoms with van der Waals surface area (Å²) in [5, 5.41) is 3.20.